The van der Waals surface area contributed by atoms with Crippen molar-refractivity contribution in [3.05, 3.63) is 24.3 Å². The summed E-state index contributed by atoms with van der Waals surface area (Å²) in [6.45, 7) is 1.12. The van der Waals surface area contributed by atoms with Gasteiger partial charge in [0.2, 0.25) is 5.95 Å². The van der Waals surface area contributed by atoms with Crippen LogP contribution in [0.2, 0.25) is 0 Å². The molecule has 0 aliphatic rings. The summed E-state index contributed by atoms with van der Waals surface area (Å²) in [5.74, 6) is 0.579. The molecule has 18 heavy (non-hydrogen) atoms. The van der Waals surface area contributed by atoms with Crippen LogP contribution in [0.15, 0.2) is 24.3 Å². The fraction of sp³-hybridized carbons (Fsp3) is 0.462. The molecule has 2 rings (SSSR count). The van der Waals surface area contributed by atoms with E-state index < -0.39 is 0 Å². The third kappa shape index (κ3) is 3.63. The van der Waals surface area contributed by atoms with E-state index in [-0.39, 0.29) is 6.61 Å². The lowest BCUT2D eigenvalue weighted by Crippen LogP contribution is -2.06. The summed E-state index contributed by atoms with van der Waals surface area (Å²) in [5.41, 5.74) is 1.67. The van der Waals surface area contributed by atoms with E-state index in [1.807, 2.05) is 24.3 Å². The number of hydrogen-bond acceptors (Lipinski definition) is 5. The molecule has 1 aromatic heterocycles. The Kier molecular flexibility index (Phi) is 4.84. The third-order valence-electron chi connectivity index (χ3n) is 2.73. The zero-order valence-electron chi connectivity index (χ0n) is 10.3. The van der Waals surface area contributed by atoms with Crippen LogP contribution >= 0.6 is 0 Å². The molecule has 2 aromatic rings. The molecule has 96 valence electrons. The van der Waals surface area contributed by atoms with Crippen molar-refractivity contribution in [3.8, 4) is 0 Å². The smallest absolute Gasteiger partial charge is 0.243 e. The normalized spacial score (nSPS) is 10.7. The lowest BCUT2D eigenvalue weighted by Gasteiger charge is -2.04. The van der Waals surface area contributed by atoms with Crippen LogP contribution in [-0.2, 0) is 0 Å². The molecule has 0 saturated carbocycles. The maximum Gasteiger partial charge on any atom is 0.243 e. The summed E-state index contributed by atoms with van der Waals surface area (Å²) in [6.07, 6.45) is 4.10. The highest BCUT2D eigenvalue weighted by atomic mass is 16.2. The van der Waals surface area contributed by atoms with Crippen molar-refractivity contribution in [2.24, 2.45) is 0 Å². The van der Waals surface area contributed by atoms with Crippen molar-refractivity contribution in [2.45, 2.75) is 25.7 Å². The number of nitrogens with one attached hydrogen (secondary N) is 1. The van der Waals surface area contributed by atoms with Crippen molar-refractivity contribution in [2.75, 3.05) is 18.5 Å². The van der Waals surface area contributed by atoms with Crippen molar-refractivity contribution in [1.82, 2.24) is 15.2 Å². The van der Waals surface area contributed by atoms with Gasteiger partial charge in [0.15, 0.2) is 0 Å². The van der Waals surface area contributed by atoms with E-state index in [0.717, 1.165) is 43.3 Å². The molecule has 0 atom stereocenters. The number of aromatic nitrogens is 3. The number of anilines is 1. The Morgan fingerprint density at radius 3 is 2.56 bits per heavy atom. The maximum atomic E-state index is 8.66. The van der Waals surface area contributed by atoms with Gasteiger partial charge < -0.3 is 10.4 Å². The Morgan fingerprint density at radius 1 is 0.944 bits per heavy atom. The second-order valence-corrected chi connectivity index (χ2v) is 4.19. The highest BCUT2D eigenvalue weighted by Crippen LogP contribution is 2.09. The molecular formula is C13H18N4O. The van der Waals surface area contributed by atoms with Gasteiger partial charge in [0.1, 0.15) is 5.52 Å². The lowest BCUT2D eigenvalue weighted by molar-refractivity contribution is 0.283. The second-order valence-electron chi connectivity index (χ2n) is 4.19. The quantitative estimate of drug-likeness (QED) is 0.731. The van der Waals surface area contributed by atoms with Gasteiger partial charge in [0.05, 0.1) is 5.52 Å². The lowest BCUT2D eigenvalue weighted by atomic mass is 10.2. The van der Waals surface area contributed by atoms with Crippen molar-refractivity contribution in [1.29, 1.82) is 0 Å². The number of nitrogens with zero attached hydrogens (tertiary/aromatic N) is 3. The first-order valence-electron chi connectivity index (χ1n) is 6.34. The highest BCUT2D eigenvalue weighted by molar-refractivity contribution is 5.73. The van der Waals surface area contributed by atoms with E-state index in [2.05, 4.69) is 20.5 Å². The number of aliphatic hydroxyl groups is 1. The van der Waals surface area contributed by atoms with Gasteiger partial charge in [-0.05, 0) is 25.0 Å². The molecule has 5 nitrogen and oxygen atoms in total. The summed E-state index contributed by atoms with van der Waals surface area (Å²) in [7, 11) is 0. The van der Waals surface area contributed by atoms with Gasteiger partial charge in [0.25, 0.3) is 0 Å². The van der Waals surface area contributed by atoms with Gasteiger partial charge in [0, 0.05) is 13.2 Å². The number of aliphatic hydroxyl groups excluding tert-OH is 1. The molecule has 0 aliphatic carbocycles. The highest BCUT2D eigenvalue weighted by Gasteiger charge is 1.99. The fourth-order valence-corrected chi connectivity index (χ4v) is 1.75. The maximum absolute atomic E-state index is 8.66. The minimum absolute atomic E-state index is 0.283. The molecular weight excluding hydrogens is 228 g/mol. The van der Waals surface area contributed by atoms with Crippen molar-refractivity contribution < 1.29 is 5.11 Å². The number of fused-ring (bicyclic) bond motifs is 1. The zero-order chi connectivity index (χ0) is 12.6. The standard InChI is InChI=1S/C13H18N4O/c18-10-6-2-1-5-9-14-13-15-11-7-3-4-8-12(11)16-17-13/h3-4,7-8,18H,1-2,5-6,9-10H2,(H,14,15,17). The minimum atomic E-state index is 0.283. The molecule has 1 aromatic carbocycles. The van der Waals surface area contributed by atoms with Crippen LogP contribution in [0.5, 0.6) is 0 Å². The first-order chi connectivity index (χ1) is 8.90. The zero-order valence-corrected chi connectivity index (χ0v) is 10.3. The molecule has 0 unspecified atom stereocenters. The summed E-state index contributed by atoms with van der Waals surface area (Å²) in [5, 5.41) is 20.0. The van der Waals surface area contributed by atoms with E-state index in [1.54, 1.807) is 0 Å². The topological polar surface area (TPSA) is 70.9 Å². The molecule has 0 fully saturated rings. The number of unbranched alkanes of at least 4 members (excludes halogenated alkanes) is 3. The Bertz CT molecular complexity index is 489. The van der Waals surface area contributed by atoms with Crippen molar-refractivity contribution in [3.63, 3.8) is 0 Å². The predicted octanol–water partition coefficient (Wildman–Crippen LogP) is 1.99. The van der Waals surface area contributed by atoms with Crippen LogP contribution in [0.25, 0.3) is 11.0 Å². The first kappa shape index (κ1) is 12.7. The van der Waals surface area contributed by atoms with E-state index >= 15 is 0 Å². The van der Waals surface area contributed by atoms with E-state index in [0.29, 0.717) is 5.95 Å². The average molecular weight is 246 g/mol. The molecule has 0 spiro atoms. The number of para-hydroxylation sites is 1. The summed E-state index contributed by atoms with van der Waals surface area (Å²) >= 11 is 0. The van der Waals surface area contributed by atoms with Gasteiger partial charge in [-0.15, -0.1) is 10.2 Å². The molecule has 0 bridgehead atoms. The largest absolute Gasteiger partial charge is 0.396 e. The minimum Gasteiger partial charge on any atom is -0.396 e. The number of rotatable bonds is 7. The molecule has 0 saturated heterocycles. The fourth-order valence-electron chi connectivity index (χ4n) is 1.75. The Morgan fingerprint density at radius 2 is 1.72 bits per heavy atom. The van der Waals surface area contributed by atoms with E-state index in [9.17, 15) is 0 Å². The van der Waals surface area contributed by atoms with E-state index in [4.69, 9.17) is 5.11 Å². The monoisotopic (exact) mass is 246 g/mol. The van der Waals surface area contributed by atoms with Crippen LogP contribution in [0.4, 0.5) is 5.95 Å². The van der Waals surface area contributed by atoms with Gasteiger partial charge in [-0.1, -0.05) is 25.0 Å². The Labute approximate surface area is 106 Å². The summed E-state index contributed by atoms with van der Waals surface area (Å²) in [6, 6.07) is 7.69. The van der Waals surface area contributed by atoms with Crippen LogP contribution in [0.1, 0.15) is 25.7 Å². The SMILES string of the molecule is OCCCCCCNc1nnc2ccccc2n1. The molecule has 0 radical (unpaired) electrons. The average Bonchev–Trinajstić information content (AvgIpc) is 2.42. The van der Waals surface area contributed by atoms with E-state index in [1.165, 1.54) is 0 Å². The van der Waals surface area contributed by atoms with Gasteiger partial charge >= 0.3 is 0 Å². The van der Waals surface area contributed by atoms with Crippen LogP contribution in [-0.4, -0.2) is 33.4 Å². The first-order valence-corrected chi connectivity index (χ1v) is 6.34. The number of hydrogen-bond donors (Lipinski definition) is 2. The molecule has 1 heterocycles. The molecule has 0 amide bonds. The third-order valence-corrected chi connectivity index (χ3v) is 2.73. The van der Waals surface area contributed by atoms with Gasteiger partial charge in [-0.3, -0.25) is 0 Å². The molecule has 5 heteroatoms. The molecule has 2 N–H and O–H groups in total. The Hall–Kier alpha value is -1.75. The van der Waals surface area contributed by atoms with Crippen LogP contribution in [0, 0.1) is 0 Å². The summed E-state index contributed by atoms with van der Waals surface area (Å²) in [4.78, 5) is 4.38. The number of benzene rings is 1. The predicted molar refractivity (Wildman–Crippen MR) is 71.4 cm³/mol. The molecule has 0 aliphatic heterocycles. The second kappa shape index (κ2) is 6.86. The van der Waals surface area contributed by atoms with Crippen LogP contribution in [0.3, 0.4) is 0 Å². The Balaban J connectivity index is 1.81. The summed E-state index contributed by atoms with van der Waals surface area (Å²) < 4.78 is 0. The van der Waals surface area contributed by atoms with Crippen LogP contribution < -0.4 is 5.32 Å². The van der Waals surface area contributed by atoms with Gasteiger partial charge in [-0.25, -0.2) is 4.98 Å². The van der Waals surface area contributed by atoms with Crippen molar-refractivity contribution >= 4 is 17.0 Å². The van der Waals surface area contributed by atoms with Gasteiger partial charge in [-0.2, -0.15) is 0 Å².